The number of benzene rings is 1. The summed E-state index contributed by atoms with van der Waals surface area (Å²) in [6, 6.07) is 2.31. The van der Waals surface area contributed by atoms with Gasteiger partial charge in [0.25, 0.3) is 0 Å². The molecule has 1 rings (SSSR count). The van der Waals surface area contributed by atoms with E-state index in [2.05, 4.69) is 0 Å². The SMILES string of the molecule is O=S(=O)([O-])c1ccccc1C(F)(F)C(F)(F)F.[Na+]. The first-order valence-corrected chi connectivity index (χ1v) is 5.38. The molecule has 1 aromatic carbocycles. The minimum atomic E-state index is -5.98. The van der Waals surface area contributed by atoms with Gasteiger partial charge in [0.1, 0.15) is 10.1 Å². The number of alkyl halides is 5. The van der Waals surface area contributed by atoms with Gasteiger partial charge in [0.05, 0.1) is 4.90 Å². The molecule has 0 aliphatic rings. The van der Waals surface area contributed by atoms with Crippen molar-refractivity contribution in [1.29, 1.82) is 0 Å². The molecule has 0 aliphatic carbocycles. The Balaban J connectivity index is 0.00000289. The van der Waals surface area contributed by atoms with Crippen molar-refractivity contribution in [2.24, 2.45) is 0 Å². The minimum Gasteiger partial charge on any atom is -0.744 e. The van der Waals surface area contributed by atoms with Crippen LogP contribution >= 0.6 is 0 Å². The van der Waals surface area contributed by atoms with Crippen molar-refractivity contribution < 1.29 is 64.5 Å². The molecular formula is C8H4F5NaO3S. The summed E-state index contributed by atoms with van der Waals surface area (Å²) >= 11 is 0. The molecule has 96 valence electrons. The van der Waals surface area contributed by atoms with E-state index in [-0.39, 0.29) is 35.6 Å². The fraction of sp³-hybridized carbons (Fsp3) is 0.250. The number of hydrogen-bond donors (Lipinski definition) is 0. The van der Waals surface area contributed by atoms with Crippen LogP contribution in [0.4, 0.5) is 22.0 Å². The predicted octanol–water partition coefficient (Wildman–Crippen LogP) is -0.751. The second-order valence-electron chi connectivity index (χ2n) is 3.02. The summed E-state index contributed by atoms with van der Waals surface area (Å²) in [5.74, 6) is -5.40. The van der Waals surface area contributed by atoms with Crippen LogP contribution < -0.4 is 29.6 Å². The molecule has 0 radical (unpaired) electrons. The van der Waals surface area contributed by atoms with Crippen molar-refractivity contribution >= 4 is 10.1 Å². The van der Waals surface area contributed by atoms with Gasteiger partial charge in [-0.25, -0.2) is 8.42 Å². The molecule has 0 spiro atoms. The summed E-state index contributed by atoms with van der Waals surface area (Å²) in [4.78, 5) is -1.58. The molecule has 0 heterocycles. The fourth-order valence-electron chi connectivity index (χ4n) is 1.10. The molecule has 0 saturated heterocycles. The number of hydrogen-bond acceptors (Lipinski definition) is 3. The quantitative estimate of drug-likeness (QED) is 0.410. The Labute approximate surface area is 121 Å². The molecule has 0 unspecified atom stereocenters. The average molecular weight is 298 g/mol. The van der Waals surface area contributed by atoms with Crippen LogP contribution in [0.1, 0.15) is 5.56 Å². The molecule has 0 aromatic heterocycles. The van der Waals surface area contributed by atoms with Crippen LogP contribution in [-0.4, -0.2) is 19.1 Å². The van der Waals surface area contributed by atoms with Gasteiger partial charge in [-0.15, -0.1) is 0 Å². The number of halogens is 5. The first-order chi connectivity index (χ1) is 7.48. The zero-order chi connectivity index (χ0) is 13.5. The summed E-state index contributed by atoms with van der Waals surface area (Å²) in [5.41, 5.74) is -1.87. The van der Waals surface area contributed by atoms with Crippen molar-refractivity contribution in [3.8, 4) is 0 Å². The maximum absolute atomic E-state index is 12.9. The third-order valence-electron chi connectivity index (χ3n) is 1.85. The molecule has 0 amide bonds. The van der Waals surface area contributed by atoms with Gasteiger partial charge in [-0.05, 0) is 6.07 Å². The monoisotopic (exact) mass is 298 g/mol. The van der Waals surface area contributed by atoms with E-state index in [0.717, 1.165) is 12.1 Å². The second kappa shape index (κ2) is 5.41. The Morgan fingerprint density at radius 2 is 1.44 bits per heavy atom. The van der Waals surface area contributed by atoms with Crippen molar-refractivity contribution in [3.63, 3.8) is 0 Å². The first-order valence-electron chi connectivity index (χ1n) is 3.98. The Morgan fingerprint density at radius 3 is 1.83 bits per heavy atom. The van der Waals surface area contributed by atoms with E-state index < -0.39 is 32.7 Å². The van der Waals surface area contributed by atoms with Gasteiger partial charge in [-0.2, -0.15) is 22.0 Å². The summed E-state index contributed by atoms with van der Waals surface area (Å²) in [6.07, 6.45) is -5.98. The summed E-state index contributed by atoms with van der Waals surface area (Å²) in [6.45, 7) is 0. The molecule has 0 saturated carbocycles. The van der Waals surface area contributed by atoms with Crippen LogP contribution in [-0.2, 0) is 16.0 Å². The molecule has 0 atom stereocenters. The van der Waals surface area contributed by atoms with E-state index >= 15 is 0 Å². The zero-order valence-corrected chi connectivity index (χ0v) is 11.6. The first kappa shape index (κ1) is 17.8. The molecule has 0 bridgehead atoms. The van der Waals surface area contributed by atoms with Gasteiger partial charge < -0.3 is 4.55 Å². The second-order valence-corrected chi connectivity index (χ2v) is 4.37. The Bertz CT molecular complexity index is 526. The molecule has 10 heteroatoms. The van der Waals surface area contributed by atoms with Crippen LogP contribution in [0.3, 0.4) is 0 Å². The number of rotatable bonds is 2. The van der Waals surface area contributed by atoms with E-state index in [1.807, 2.05) is 0 Å². The van der Waals surface area contributed by atoms with Crippen LogP contribution in [0.15, 0.2) is 29.2 Å². The van der Waals surface area contributed by atoms with E-state index in [1.165, 1.54) is 0 Å². The third-order valence-corrected chi connectivity index (χ3v) is 2.75. The van der Waals surface area contributed by atoms with Gasteiger partial charge in [-0.1, -0.05) is 18.2 Å². The van der Waals surface area contributed by atoms with Crippen molar-refractivity contribution in [3.05, 3.63) is 29.8 Å². The maximum Gasteiger partial charge on any atom is 1.00 e. The summed E-state index contributed by atoms with van der Waals surface area (Å²) in [5, 5.41) is 0. The van der Waals surface area contributed by atoms with E-state index in [0.29, 0.717) is 6.07 Å². The molecule has 1 aromatic rings. The van der Waals surface area contributed by atoms with E-state index in [4.69, 9.17) is 0 Å². The third kappa shape index (κ3) is 3.41. The van der Waals surface area contributed by atoms with Gasteiger partial charge in [0.15, 0.2) is 0 Å². The van der Waals surface area contributed by atoms with Crippen LogP contribution in [0.2, 0.25) is 0 Å². The van der Waals surface area contributed by atoms with Gasteiger partial charge in [0, 0.05) is 5.56 Å². The standard InChI is InChI=1S/C8H5F5O3S.Na/c9-7(10,8(11,12)13)5-3-1-2-4-6(5)17(14,15)16;/h1-4H,(H,14,15,16);/q;+1/p-1. The summed E-state index contributed by atoms with van der Waals surface area (Å²) in [7, 11) is -5.41. The van der Waals surface area contributed by atoms with Gasteiger partial charge in [-0.3, -0.25) is 0 Å². The Kier molecular flexibility index (Phi) is 5.35. The van der Waals surface area contributed by atoms with Crippen molar-refractivity contribution in [1.82, 2.24) is 0 Å². The largest absolute Gasteiger partial charge is 1.00 e. The van der Waals surface area contributed by atoms with Crippen molar-refractivity contribution in [2.45, 2.75) is 17.0 Å². The topological polar surface area (TPSA) is 57.2 Å². The predicted molar refractivity (Wildman–Crippen MR) is 44.4 cm³/mol. The average Bonchev–Trinajstić information content (AvgIpc) is 2.14. The van der Waals surface area contributed by atoms with Crippen LogP contribution in [0.25, 0.3) is 0 Å². The molecule has 0 N–H and O–H groups in total. The normalized spacial score (nSPS) is 13.0. The van der Waals surface area contributed by atoms with Crippen molar-refractivity contribution in [2.75, 3.05) is 0 Å². The van der Waals surface area contributed by atoms with Crippen LogP contribution in [0.5, 0.6) is 0 Å². The summed E-state index contributed by atoms with van der Waals surface area (Å²) < 4.78 is 93.7. The molecule has 18 heavy (non-hydrogen) atoms. The Hall–Kier alpha value is -0.220. The van der Waals surface area contributed by atoms with E-state index in [1.54, 1.807) is 0 Å². The zero-order valence-electron chi connectivity index (χ0n) is 8.83. The maximum atomic E-state index is 12.9. The minimum absolute atomic E-state index is 0. The molecule has 0 aliphatic heterocycles. The molecule has 3 nitrogen and oxygen atoms in total. The Morgan fingerprint density at radius 1 is 1.00 bits per heavy atom. The van der Waals surface area contributed by atoms with Crippen LogP contribution in [0, 0.1) is 0 Å². The van der Waals surface area contributed by atoms with Gasteiger partial charge in [0.2, 0.25) is 0 Å². The fourth-order valence-corrected chi connectivity index (χ4v) is 1.81. The smallest absolute Gasteiger partial charge is 0.744 e. The van der Waals surface area contributed by atoms with E-state index in [9.17, 15) is 34.9 Å². The van der Waals surface area contributed by atoms with Gasteiger partial charge >= 0.3 is 41.7 Å². The molecule has 0 fully saturated rings. The molecular weight excluding hydrogens is 294 g/mol.